The van der Waals surface area contributed by atoms with Crippen LogP contribution in [-0.4, -0.2) is 19.4 Å². The third kappa shape index (κ3) is 4.96. The molecule has 0 saturated heterocycles. The number of alkyl halides is 6. The Morgan fingerprint density at radius 2 is 1.67 bits per heavy atom. The highest BCUT2D eigenvalue weighted by Crippen LogP contribution is 2.43. The molecular weight excluding hydrogens is 438 g/mol. The molecule has 11 heteroatoms. The summed E-state index contributed by atoms with van der Waals surface area (Å²) in [5.41, 5.74) is 0.336. The van der Waals surface area contributed by atoms with Gasteiger partial charge in [-0.15, -0.1) is 24.5 Å². The van der Waals surface area contributed by atoms with E-state index in [0.29, 0.717) is 16.9 Å². The fourth-order valence-corrected chi connectivity index (χ4v) is 3.60. The molecule has 2 aromatic carbocycles. The van der Waals surface area contributed by atoms with Gasteiger partial charge in [0.1, 0.15) is 22.8 Å². The van der Waals surface area contributed by atoms with Gasteiger partial charge in [-0.2, -0.15) is 13.2 Å². The van der Waals surface area contributed by atoms with E-state index in [1.807, 2.05) is 0 Å². The zero-order valence-electron chi connectivity index (χ0n) is 15.1. The number of carbonyl (C=O) groups is 1. The van der Waals surface area contributed by atoms with Gasteiger partial charge in [0, 0.05) is 0 Å². The van der Waals surface area contributed by atoms with Crippen molar-refractivity contribution in [3.8, 4) is 11.5 Å². The van der Waals surface area contributed by atoms with Crippen molar-refractivity contribution in [1.82, 2.24) is 0 Å². The normalized spacial score (nSPS) is 12.1. The molecule has 30 heavy (non-hydrogen) atoms. The van der Waals surface area contributed by atoms with Crippen LogP contribution in [0.15, 0.2) is 42.5 Å². The van der Waals surface area contributed by atoms with Crippen molar-refractivity contribution in [2.24, 2.45) is 0 Å². The average Bonchev–Trinajstić information content (AvgIpc) is 3.10. The molecule has 0 unspecified atom stereocenters. The van der Waals surface area contributed by atoms with Gasteiger partial charge in [0.25, 0.3) is 0 Å². The van der Waals surface area contributed by atoms with Gasteiger partial charge < -0.3 is 14.2 Å². The maximum absolute atomic E-state index is 13.1. The molecule has 160 valence electrons. The van der Waals surface area contributed by atoms with Crippen LogP contribution in [-0.2, 0) is 17.5 Å². The Labute approximate surface area is 169 Å². The minimum absolute atomic E-state index is 0.0717. The topological polar surface area (TPSA) is 44.8 Å². The molecule has 0 saturated carbocycles. The van der Waals surface area contributed by atoms with Crippen LogP contribution in [0.3, 0.4) is 0 Å². The summed E-state index contributed by atoms with van der Waals surface area (Å²) in [6.07, 6.45) is -9.40. The number of ether oxygens (including phenoxy) is 3. The first-order chi connectivity index (χ1) is 14.0. The van der Waals surface area contributed by atoms with E-state index >= 15 is 0 Å². The summed E-state index contributed by atoms with van der Waals surface area (Å²) in [7, 11) is 1.12. The number of halogens is 6. The van der Waals surface area contributed by atoms with Crippen molar-refractivity contribution in [2.45, 2.75) is 19.1 Å². The van der Waals surface area contributed by atoms with E-state index in [1.54, 1.807) is 0 Å². The van der Waals surface area contributed by atoms with Gasteiger partial charge in [-0.1, -0.05) is 18.2 Å². The fourth-order valence-electron chi connectivity index (χ4n) is 2.57. The lowest BCUT2D eigenvalue weighted by atomic mass is 10.1. The first-order valence-corrected chi connectivity index (χ1v) is 8.99. The van der Waals surface area contributed by atoms with Crippen LogP contribution in [0.2, 0.25) is 0 Å². The Kier molecular flexibility index (Phi) is 5.84. The third-order valence-corrected chi connectivity index (χ3v) is 5.06. The van der Waals surface area contributed by atoms with Crippen molar-refractivity contribution in [1.29, 1.82) is 0 Å². The quantitative estimate of drug-likeness (QED) is 0.344. The molecule has 3 aromatic rings. The molecule has 0 aliphatic carbocycles. The van der Waals surface area contributed by atoms with Gasteiger partial charge >= 0.3 is 18.5 Å². The second kappa shape index (κ2) is 8.05. The summed E-state index contributed by atoms with van der Waals surface area (Å²) in [5.74, 6) is -1.34. The van der Waals surface area contributed by atoms with Gasteiger partial charge in [-0.3, -0.25) is 0 Å². The Balaban J connectivity index is 1.91. The van der Waals surface area contributed by atoms with Crippen molar-refractivity contribution >= 4 is 27.4 Å². The van der Waals surface area contributed by atoms with E-state index < -0.39 is 29.1 Å². The zero-order chi connectivity index (χ0) is 22.1. The number of rotatable bonds is 5. The predicted molar refractivity (Wildman–Crippen MR) is 95.6 cm³/mol. The molecule has 0 aliphatic rings. The lowest BCUT2D eigenvalue weighted by molar-refractivity contribution is -0.274. The summed E-state index contributed by atoms with van der Waals surface area (Å²) in [6, 6.07) is 8.32. The highest BCUT2D eigenvalue weighted by Gasteiger charge is 2.34. The number of esters is 1. The van der Waals surface area contributed by atoms with Gasteiger partial charge in [-0.25, -0.2) is 4.79 Å². The first-order valence-electron chi connectivity index (χ1n) is 8.17. The maximum Gasteiger partial charge on any atom is 0.573 e. The number of methoxy groups -OCH3 is 1. The molecule has 3 rings (SSSR count). The van der Waals surface area contributed by atoms with Crippen LogP contribution in [0.5, 0.6) is 11.5 Å². The SMILES string of the molecule is COC(=O)c1ccc2cc(C(F)(F)F)sc2c1OCc1ccc(OC(F)(F)F)cc1. The van der Waals surface area contributed by atoms with E-state index in [9.17, 15) is 31.1 Å². The Morgan fingerprint density at radius 3 is 2.23 bits per heavy atom. The van der Waals surface area contributed by atoms with Gasteiger partial charge in [0.2, 0.25) is 0 Å². The Bertz CT molecular complexity index is 1050. The van der Waals surface area contributed by atoms with E-state index in [-0.39, 0.29) is 28.0 Å². The van der Waals surface area contributed by atoms with Gasteiger partial charge in [0.15, 0.2) is 5.75 Å². The molecule has 0 aliphatic heterocycles. The highest BCUT2D eigenvalue weighted by molar-refractivity contribution is 7.19. The minimum atomic E-state index is -4.83. The third-order valence-electron chi connectivity index (χ3n) is 3.87. The molecule has 1 aromatic heterocycles. The van der Waals surface area contributed by atoms with Crippen LogP contribution in [0, 0.1) is 0 Å². The number of thiophene rings is 1. The number of hydrogen-bond donors (Lipinski definition) is 0. The summed E-state index contributed by atoms with van der Waals surface area (Å²) in [6.45, 7) is -0.214. The zero-order valence-corrected chi connectivity index (χ0v) is 15.9. The lowest BCUT2D eigenvalue weighted by Crippen LogP contribution is -2.17. The van der Waals surface area contributed by atoms with Crippen LogP contribution in [0.25, 0.3) is 10.1 Å². The van der Waals surface area contributed by atoms with E-state index in [2.05, 4.69) is 9.47 Å². The average molecular weight is 450 g/mol. The standard InChI is InChI=1S/C19H12F6O4S/c1-27-17(26)13-7-4-11-8-14(18(20,21)22)30-16(11)15(13)28-9-10-2-5-12(6-3-10)29-19(23,24)25/h2-8H,9H2,1H3. The van der Waals surface area contributed by atoms with Crippen molar-refractivity contribution < 1.29 is 45.3 Å². The second-order valence-corrected chi connectivity index (χ2v) is 6.99. The fraction of sp³-hybridized carbons (Fsp3) is 0.211. The largest absolute Gasteiger partial charge is 0.573 e. The predicted octanol–water partition coefficient (Wildman–Crippen LogP) is 6.18. The minimum Gasteiger partial charge on any atom is -0.486 e. The summed E-state index contributed by atoms with van der Waals surface area (Å²) in [5, 5.41) is 0.226. The van der Waals surface area contributed by atoms with E-state index in [0.717, 1.165) is 25.3 Å². The van der Waals surface area contributed by atoms with Crippen LogP contribution in [0.1, 0.15) is 20.8 Å². The van der Waals surface area contributed by atoms with Crippen molar-refractivity contribution in [3.05, 3.63) is 58.5 Å². The Hall–Kier alpha value is -2.95. The molecule has 1 heterocycles. The van der Waals surface area contributed by atoms with Crippen molar-refractivity contribution in [3.63, 3.8) is 0 Å². The molecule has 0 amide bonds. The van der Waals surface area contributed by atoms with Crippen LogP contribution >= 0.6 is 11.3 Å². The number of carbonyl (C=O) groups excluding carboxylic acids is 1. The molecule has 0 bridgehead atoms. The van der Waals surface area contributed by atoms with E-state index in [4.69, 9.17) is 4.74 Å². The lowest BCUT2D eigenvalue weighted by Gasteiger charge is -2.12. The summed E-state index contributed by atoms with van der Waals surface area (Å²) < 4.78 is 90.0. The van der Waals surface area contributed by atoms with Crippen LogP contribution in [0.4, 0.5) is 26.3 Å². The second-order valence-electron chi connectivity index (χ2n) is 5.94. The first kappa shape index (κ1) is 21.8. The molecule has 0 fully saturated rings. The number of benzene rings is 2. The molecule has 0 radical (unpaired) electrons. The van der Waals surface area contributed by atoms with E-state index in [1.165, 1.54) is 24.3 Å². The maximum atomic E-state index is 13.1. The smallest absolute Gasteiger partial charge is 0.486 e. The molecule has 4 nitrogen and oxygen atoms in total. The summed E-state index contributed by atoms with van der Waals surface area (Å²) >= 11 is 0.414. The number of fused-ring (bicyclic) bond motifs is 1. The monoisotopic (exact) mass is 450 g/mol. The Morgan fingerprint density at radius 1 is 1.00 bits per heavy atom. The highest BCUT2D eigenvalue weighted by atomic mass is 32.1. The molecule has 0 spiro atoms. The number of hydrogen-bond acceptors (Lipinski definition) is 5. The molecular formula is C19H12F6O4S. The van der Waals surface area contributed by atoms with Crippen LogP contribution < -0.4 is 9.47 Å². The molecule has 0 N–H and O–H groups in total. The molecule has 0 atom stereocenters. The van der Waals surface area contributed by atoms with Crippen molar-refractivity contribution in [2.75, 3.05) is 7.11 Å². The summed E-state index contributed by atoms with van der Waals surface area (Å²) in [4.78, 5) is 11.2. The van der Waals surface area contributed by atoms with Gasteiger partial charge in [0.05, 0.1) is 11.8 Å². The van der Waals surface area contributed by atoms with Gasteiger partial charge in [-0.05, 0) is 35.2 Å².